The van der Waals surface area contributed by atoms with Gasteiger partial charge in [0.25, 0.3) is 5.91 Å². The van der Waals surface area contributed by atoms with Gasteiger partial charge in [0.05, 0.1) is 0 Å². The smallest absolute Gasteiger partial charge is 0.268 e. The fraction of sp³-hybridized carbons (Fsp3) is 0. The molecule has 152 valence electrons. The lowest BCUT2D eigenvalue weighted by atomic mass is 10.2. The monoisotopic (exact) mass is 449 g/mol. The zero-order valence-corrected chi connectivity index (χ0v) is 17.4. The second-order valence-electron chi connectivity index (χ2n) is 6.30. The summed E-state index contributed by atoms with van der Waals surface area (Å²) in [6.45, 7) is 0. The van der Waals surface area contributed by atoms with Crippen LogP contribution >= 0.6 is 22.9 Å². The van der Waals surface area contributed by atoms with Crippen molar-refractivity contribution in [1.29, 1.82) is 5.26 Å². The molecule has 0 aliphatic carbocycles. The number of nitrogens with zero attached hydrogens (tertiary/aromatic N) is 4. The molecule has 4 aromatic rings. The standard InChI is InChI=1S/C22H13ClFN5OS/c23-15-5-3-6-17(12-15)29-10-4-7-16(29)11-14(13-25)20(30)26-22-28-27-21(31-22)18-8-1-2-9-19(18)24/h1-12H,(H,26,28,30)/b14-11-. The predicted molar refractivity (Wildman–Crippen MR) is 118 cm³/mol. The Labute approximate surface area is 185 Å². The predicted octanol–water partition coefficient (Wildman–Crippen LogP) is 5.33. The number of halogens is 2. The molecule has 31 heavy (non-hydrogen) atoms. The first-order chi connectivity index (χ1) is 15.0. The number of anilines is 1. The molecule has 0 spiro atoms. The molecule has 6 nitrogen and oxygen atoms in total. The summed E-state index contributed by atoms with van der Waals surface area (Å²) in [6, 6.07) is 18.8. The summed E-state index contributed by atoms with van der Waals surface area (Å²) >= 11 is 7.08. The minimum absolute atomic E-state index is 0.121. The van der Waals surface area contributed by atoms with Crippen LogP contribution in [0.4, 0.5) is 9.52 Å². The maximum Gasteiger partial charge on any atom is 0.268 e. The Balaban J connectivity index is 1.57. The summed E-state index contributed by atoms with van der Waals surface area (Å²) in [4.78, 5) is 12.6. The molecule has 2 heterocycles. The number of nitriles is 1. The van der Waals surface area contributed by atoms with Gasteiger partial charge in [0.2, 0.25) is 5.13 Å². The highest BCUT2D eigenvalue weighted by Crippen LogP contribution is 2.28. The Morgan fingerprint density at radius 1 is 1.16 bits per heavy atom. The SMILES string of the molecule is N#C/C(=C/c1cccn1-c1cccc(Cl)c1)C(=O)Nc1nnc(-c2ccccc2F)s1. The molecule has 9 heteroatoms. The van der Waals surface area contributed by atoms with Gasteiger partial charge < -0.3 is 4.57 Å². The lowest BCUT2D eigenvalue weighted by Crippen LogP contribution is -2.13. The van der Waals surface area contributed by atoms with Crippen molar-refractivity contribution in [3.63, 3.8) is 0 Å². The van der Waals surface area contributed by atoms with Crippen LogP contribution in [-0.4, -0.2) is 20.7 Å². The fourth-order valence-corrected chi connectivity index (χ4v) is 3.80. The summed E-state index contributed by atoms with van der Waals surface area (Å²) in [5, 5.41) is 20.9. The van der Waals surface area contributed by atoms with E-state index in [4.69, 9.17) is 11.6 Å². The van der Waals surface area contributed by atoms with E-state index in [9.17, 15) is 14.4 Å². The number of carbonyl (C=O) groups is 1. The summed E-state index contributed by atoms with van der Waals surface area (Å²) in [7, 11) is 0. The first-order valence-corrected chi connectivity index (χ1v) is 10.2. The van der Waals surface area contributed by atoms with E-state index in [0.717, 1.165) is 17.0 Å². The molecule has 0 aliphatic rings. The van der Waals surface area contributed by atoms with Gasteiger partial charge in [-0.2, -0.15) is 5.26 Å². The van der Waals surface area contributed by atoms with E-state index >= 15 is 0 Å². The van der Waals surface area contributed by atoms with Crippen molar-refractivity contribution in [3.05, 3.63) is 89.0 Å². The highest BCUT2D eigenvalue weighted by atomic mass is 35.5. The Hall–Kier alpha value is -3.80. The van der Waals surface area contributed by atoms with Crippen LogP contribution in [0.5, 0.6) is 0 Å². The first-order valence-electron chi connectivity index (χ1n) is 9.00. The highest BCUT2D eigenvalue weighted by molar-refractivity contribution is 7.18. The number of hydrogen-bond acceptors (Lipinski definition) is 5. The fourth-order valence-electron chi connectivity index (χ4n) is 2.85. The van der Waals surface area contributed by atoms with Crippen LogP contribution in [0.3, 0.4) is 0 Å². The van der Waals surface area contributed by atoms with E-state index < -0.39 is 11.7 Å². The summed E-state index contributed by atoms with van der Waals surface area (Å²) in [5.41, 5.74) is 1.58. The molecule has 0 atom stereocenters. The van der Waals surface area contributed by atoms with Gasteiger partial charge >= 0.3 is 0 Å². The zero-order valence-electron chi connectivity index (χ0n) is 15.8. The van der Waals surface area contributed by atoms with Gasteiger partial charge in [0.1, 0.15) is 17.5 Å². The van der Waals surface area contributed by atoms with Crippen LogP contribution in [0, 0.1) is 17.1 Å². The van der Waals surface area contributed by atoms with Crippen molar-refractivity contribution in [2.75, 3.05) is 5.32 Å². The third-order valence-electron chi connectivity index (χ3n) is 4.27. The van der Waals surface area contributed by atoms with Gasteiger partial charge in [-0.3, -0.25) is 10.1 Å². The molecule has 1 amide bonds. The van der Waals surface area contributed by atoms with E-state index in [0.29, 0.717) is 15.7 Å². The van der Waals surface area contributed by atoms with E-state index in [1.54, 1.807) is 53.2 Å². The quantitative estimate of drug-likeness (QED) is 0.329. The number of aromatic nitrogens is 3. The minimum atomic E-state index is -0.641. The molecule has 0 fully saturated rings. The van der Waals surface area contributed by atoms with Crippen LogP contribution in [0.25, 0.3) is 22.3 Å². The number of benzene rings is 2. The summed E-state index contributed by atoms with van der Waals surface area (Å²) in [5.74, 6) is -1.08. The first kappa shape index (κ1) is 20.5. The number of rotatable bonds is 5. The molecule has 4 rings (SSSR count). The average Bonchev–Trinajstić information content (AvgIpc) is 3.42. The molecular formula is C22H13ClFN5OS. The molecule has 0 radical (unpaired) electrons. The van der Waals surface area contributed by atoms with Gasteiger partial charge in [-0.15, -0.1) is 10.2 Å². The molecule has 0 saturated heterocycles. The van der Waals surface area contributed by atoms with E-state index in [1.807, 2.05) is 18.2 Å². The molecule has 2 aromatic heterocycles. The van der Waals surface area contributed by atoms with Gasteiger partial charge in [-0.1, -0.05) is 41.1 Å². The Morgan fingerprint density at radius 3 is 2.77 bits per heavy atom. The largest absolute Gasteiger partial charge is 0.317 e. The highest BCUT2D eigenvalue weighted by Gasteiger charge is 2.16. The number of amides is 1. The molecule has 0 bridgehead atoms. The second-order valence-corrected chi connectivity index (χ2v) is 7.71. The normalized spacial score (nSPS) is 11.2. The Kier molecular flexibility index (Phi) is 5.89. The van der Waals surface area contributed by atoms with Crippen LogP contribution in [0.15, 0.2) is 72.4 Å². The van der Waals surface area contributed by atoms with Crippen molar-refractivity contribution in [2.24, 2.45) is 0 Å². The maximum absolute atomic E-state index is 13.9. The van der Waals surface area contributed by atoms with Crippen LogP contribution in [0.2, 0.25) is 5.02 Å². The number of hydrogen-bond donors (Lipinski definition) is 1. The van der Waals surface area contributed by atoms with Crippen molar-refractivity contribution < 1.29 is 9.18 Å². The van der Waals surface area contributed by atoms with E-state index in [2.05, 4.69) is 15.5 Å². The molecule has 0 unspecified atom stereocenters. The lowest BCUT2D eigenvalue weighted by Gasteiger charge is -2.07. The zero-order chi connectivity index (χ0) is 21.8. The second kappa shape index (κ2) is 8.92. The topological polar surface area (TPSA) is 83.6 Å². The average molecular weight is 450 g/mol. The van der Waals surface area contributed by atoms with E-state index in [-0.39, 0.29) is 16.3 Å². The van der Waals surface area contributed by atoms with Crippen molar-refractivity contribution in [1.82, 2.24) is 14.8 Å². The molecular weight excluding hydrogens is 437 g/mol. The summed E-state index contributed by atoms with van der Waals surface area (Å²) < 4.78 is 15.7. The van der Waals surface area contributed by atoms with Crippen molar-refractivity contribution in [2.45, 2.75) is 0 Å². The van der Waals surface area contributed by atoms with Gasteiger partial charge in [0.15, 0.2) is 5.01 Å². The van der Waals surface area contributed by atoms with Crippen molar-refractivity contribution in [3.8, 4) is 22.3 Å². The van der Waals surface area contributed by atoms with Gasteiger partial charge in [-0.05, 0) is 48.5 Å². The van der Waals surface area contributed by atoms with Gasteiger partial charge in [-0.25, -0.2) is 4.39 Å². The van der Waals surface area contributed by atoms with Crippen LogP contribution < -0.4 is 5.32 Å². The molecule has 0 aliphatic heterocycles. The Bertz CT molecular complexity index is 1340. The lowest BCUT2D eigenvalue weighted by molar-refractivity contribution is -0.112. The van der Waals surface area contributed by atoms with Crippen LogP contribution in [0.1, 0.15) is 5.69 Å². The number of carbonyl (C=O) groups excluding carboxylic acids is 1. The molecule has 2 aromatic carbocycles. The minimum Gasteiger partial charge on any atom is -0.317 e. The summed E-state index contributed by atoms with van der Waals surface area (Å²) in [6.07, 6.45) is 3.27. The number of nitrogens with one attached hydrogen (secondary N) is 1. The molecule has 1 N–H and O–H groups in total. The van der Waals surface area contributed by atoms with Crippen LogP contribution in [-0.2, 0) is 4.79 Å². The van der Waals surface area contributed by atoms with Crippen molar-refractivity contribution >= 4 is 40.1 Å². The Morgan fingerprint density at radius 2 is 2.00 bits per heavy atom. The van der Waals surface area contributed by atoms with Gasteiger partial charge in [0, 0.05) is 28.2 Å². The van der Waals surface area contributed by atoms with E-state index in [1.165, 1.54) is 12.1 Å². The molecule has 0 saturated carbocycles. The maximum atomic E-state index is 13.9. The third-order valence-corrected chi connectivity index (χ3v) is 5.38. The third kappa shape index (κ3) is 4.53.